The fraction of sp³-hybridized carbons (Fsp3) is 0.176. The smallest absolute Gasteiger partial charge is 0.325 e. The lowest BCUT2D eigenvalue weighted by atomic mass is 9.91. The van der Waals surface area contributed by atoms with Gasteiger partial charge in [0.1, 0.15) is 17.9 Å². The third kappa shape index (κ3) is 2.44. The molecule has 1 N–H and O–H groups in total. The van der Waals surface area contributed by atoms with Crippen molar-refractivity contribution in [2.45, 2.75) is 19.0 Å². The van der Waals surface area contributed by atoms with E-state index in [1.165, 1.54) is 31.4 Å². The Labute approximate surface area is 146 Å². The number of furan rings is 1. The molecule has 26 heavy (non-hydrogen) atoms. The van der Waals surface area contributed by atoms with E-state index in [2.05, 4.69) is 15.5 Å². The van der Waals surface area contributed by atoms with E-state index >= 15 is 0 Å². The molecule has 1 aliphatic heterocycles. The summed E-state index contributed by atoms with van der Waals surface area (Å²) in [4.78, 5) is 30.1. The van der Waals surface area contributed by atoms with Crippen molar-refractivity contribution in [2.24, 2.45) is 0 Å². The summed E-state index contributed by atoms with van der Waals surface area (Å²) in [6.07, 6.45) is 1.46. The van der Waals surface area contributed by atoms with Crippen LogP contribution in [0.4, 0.5) is 9.18 Å². The van der Waals surface area contributed by atoms with Crippen molar-refractivity contribution in [3.05, 3.63) is 59.9 Å². The average Bonchev–Trinajstić information content (AvgIpc) is 3.33. The number of amides is 3. The van der Waals surface area contributed by atoms with E-state index in [0.29, 0.717) is 5.76 Å². The van der Waals surface area contributed by atoms with Gasteiger partial charge < -0.3 is 14.3 Å². The molecule has 9 heteroatoms. The predicted octanol–water partition coefficient (Wildman–Crippen LogP) is 2.44. The number of nitrogens with one attached hydrogen (secondary N) is 1. The lowest BCUT2D eigenvalue weighted by Crippen LogP contribution is -2.41. The molecule has 0 saturated carbocycles. The van der Waals surface area contributed by atoms with Crippen LogP contribution >= 0.6 is 0 Å². The van der Waals surface area contributed by atoms with Gasteiger partial charge in [-0.3, -0.25) is 9.69 Å². The summed E-state index contributed by atoms with van der Waals surface area (Å²) in [5, 5.41) is 6.28. The van der Waals surface area contributed by atoms with E-state index in [-0.39, 0.29) is 23.8 Å². The van der Waals surface area contributed by atoms with Gasteiger partial charge in [0.25, 0.3) is 5.91 Å². The number of rotatable bonds is 4. The summed E-state index contributed by atoms with van der Waals surface area (Å²) >= 11 is 0. The second-order valence-corrected chi connectivity index (χ2v) is 5.92. The third-order valence-electron chi connectivity index (χ3n) is 4.19. The maximum absolute atomic E-state index is 14.1. The van der Waals surface area contributed by atoms with Crippen LogP contribution in [0.5, 0.6) is 0 Å². The normalized spacial score (nSPS) is 19.8. The zero-order valence-corrected chi connectivity index (χ0v) is 13.6. The van der Waals surface area contributed by atoms with E-state index in [0.717, 1.165) is 4.90 Å². The first-order valence-electron chi connectivity index (χ1n) is 7.74. The molecule has 0 aliphatic carbocycles. The molecule has 0 radical (unpaired) electrons. The maximum Gasteiger partial charge on any atom is 0.325 e. The Kier molecular flexibility index (Phi) is 3.57. The van der Waals surface area contributed by atoms with Gasteiger partial charge in [-0.1, -0.05) is 23.4 Å². The molecule has 0 unspecified atom stereocenters. The standard InChI is InChI=1S/C17H13FN4O4/c1-17(10-5-2-3-6-11(10)18)15(23)22(16(24)20-17)9-13-19-14(21-26-13)12-7-4-8-25-12/h2-8H,9H2,1H3,(H,20,24)/t17-/m0/s1. The molecule has 2 aromatic heterocycles. The van der Waals surface area contributed by atoms with Crippen LogP contribution in [0.3, 0.4) is 0 Å². The van der Waals surface area contributed by atoms with Crippen molar-refractivity contribution in [1.82, 2.24) is 20.4 Å². The summed E-state index contributed by atoms with van der Waals surface area (Å²) in [6.45, 7) is 1.22. The quantitative estimate of drug-likeness (QED) is 0.721. The highest BCUT2D eigenvalue weighted by atomic mass is 19.1. The van der Waals surface area contributed by atoms with Gasteiger partial charge in [0, 0.05) is 5.56 Å². The molecule has 1 fully saturated rings. The summed E-state index contributed by atoms with van der Waals surface area (Å²) in [5.41, 5.74) is -1.42. The van der Waals surface area contributed by atoms with Crippen molar-refractivity contribution >= 4 is 11.9 Å². The number of nitrogens with zero attached hydrogens (tertiary/aromatic N) is 3. The first kappa shape index (κ1) is 16.0. The van der Waals surface area contributed by atoms with Crippen LogP contribution in [0.1, 0.15) is 18.4 Å². The SMILES string of the molecule is C[C@@]1(c2ccccc2F)NC(=O)N(Cc2nc(-c3ccco3)no2)C1=O. The summed E-state index contributed by atoms with van der Waals surface area (Å²) in [7, 11) is 0. The second-order valence-electron chi connectivity index (χ2n) is 5.92. The predicted molar refractivity (Wildman–Crippen MR) is 84.8 cm³/mol. The first-order valence-corrected chi connectivity index (χ1v) is 7.74. The van der Waals surface area contributed by atoms with Crippen molar-refractivity contribution in [2.75, 3.05) is 0 Å². The summed E-state index contributed by atoms with van der Waals surface area (Å²) in [6, 6.07) is 8.45. The molecule has 3 aromatic rings. The lowest BCUT2D eigenvalue weighted by Gasteiger charge is -2.22. The van der Waals surface area contributed by atoms with Crippen LogP contribution in [-0.4, -0.2) is 27.0 Å². The number of hydrogen-bond acceptors (Lipinski definition) is 6. The van der Waals surface area contributed by atoms with E-state index in [4.69, 9.17) is 8.94 Å². The van der Waals surface area contributed by atoms with Crippen LogP contribution in [-0.2, 0) is 16.9 Å². The van der Waals surface area contributed by atoms with Crippen molar-refractivity contribution in [1.29, 1.82) is 0 Å². The number of halogens is 1. The molecule has 1 atom stereocenters. The fourth-order valence-electron chi connectivity index (χ4n) is 2.85. The number of benzene rings is 1. The molecule has 8 nitrogen and oxygen atoms in total. The monoisotopic (exact) mass is 356 g/mol. The Bertz CT molecular complexity index is 984. The Morgan fingerprint density at radius 2 is 2.04 bits per heavy atom. The van der Waals surface area contributed by atoms with E-state index in [1.54, 1.807) is 18.2 Å². The van der Waals surface area contributed by atoms with Gasteiger partial charge in [-0.15, -0.1) is 0 Å². The zero-order valence-electron chi connectivity index (χ0n) is 13.6. The highest BCUT2D eigenvalue weighted by Crippen LogP contribution is 2.31. The summed E-state index contributed by atoms with van der Waals surface area (Å²) < 4.78 is 24.4. The average molecular weight is 356 g/mol. The van der Waals surface area contributed by atoms with E-state index in [9.17, 15) is 14.0 Å². The number of urea groups is 1. The van der Waals surface area contributed by atoms with Crippen molar-refractivity contribution < 1.29 is 22.9 Å². The van der Waals surface area contributed by atoms with E-state index < -0.39 is 23.3 Å². The van der Waals surface area contributed by atoms with Gasteiger partial charge in [-0.2, -0.15) is 4.98 Å². The van der Waals surface area contributed by atoms with Crippen molar-refractivity contribution in [3.63, 3.8) is 0 Å². The topological polar surface area (TPSA) is 101 Å². The van der Waals surface area contributed by atoms with Crippen LogP contribution < -0.4 is 5.32 Å². The second kappa shape index (κ2) is 5.80. The van der Waals surface area contributed by atoms with Gasteiger partial charge >= 0.3 is 6.03 Å². The molecule has 0 bridgehead atoms. The third-order valence-corrected chi connectivity index (χ3v) is 4.19. The van der Waals surface area contributed by atoms with E-state index in [1.807, 2.05) is 0 Å². The molecule has 132 valence electrons. The van der Waals surface area contributed by atoms with Crippen LogP contribution in [0.25, 0.3) is 11.6 Å². The first-order chi connectivity index (χ1) is 12.5. The minimum Gasteiger partial charge on any atom is -0.461 e. The van der Waals surface area contributed by atoms with Crippen LogP contribution in [0.15, 0.2) is 51.6 Å². The number of imide groups is 1. The van der Waals surface area contributed by atoms with Gasteiger partial charge in [0.05, 0.1) is 6.26 Å². The Morgan fingerprint density at radius 3 is 2.77 bits per heavy atom. The Balaban J connectivity index is 1.60. The minimum atomic E-state index is -1.51. The molecule has 1 aromatic carbocycles. The van der Waals surface area contributed by atoms with Gasteiger partial charge in [0.15, 0.2) is 5.76 Å². The number of aromatic nitrogens is 2. The van der Waals surface area contributed by atoms with Gasteiger partial charge in [-0.25, -0.2) is 9.18 Å². The largest absolute Gasteiger partial charge is 0.461 e. The van der Waals surface area contributed by atoms with Gasteiger partial charge in [-0.05, 0) is 25.1 Å². The maximum atomic E-state index is 14.1. The Hall–Kier alpha value is -3.49. The molecular weight excluding hydrogens is 343 g/mol. The minimum absolute atomic E-state index is 0.0534. The molecular formula is C17H13FN4O4. The molecule has 0 spiro atoms. The zero-order chi connectivity index (χ0) is 18.3. The molecule has 1 saturated heterocycles. The molecule has 1 aliphatic rings. The highest BCUT2D eigenvalue weighted by molar-refractivity contribution is 6.07. The molecule has 3 heterocycles. The van der Waals surface area contributed by atoms with Crippen molar-refractivity contribution in [3.8, 4) is 11.6 Å². The summed E-state index contributed by atoms with van der Waals surface area (Å²) in [5.74, 6) is -0.534. The van der Waals surface area contributed by atoms with Gasteiger partial charge in [0.2, 0.25) is 11.7 Å². The fourth-order valence-corrected chi connectivity index (χ4v) is 2.85. The van der Waals surface area contributed by atoms with Crippen LogP contribution in [0.2, 0.25) is 0 Å². The van der Waals surface area contributed by atoms with Crippen LogP contribution in [0, 0.1) is 5.82 Å². The lowest BCUT2D eigenvalue weighted by molar-refractivity contribution is -0.131. The highest BCUT2D eigenvalue weighted by Gasteiger charge is 2.50. The molecule has 4 rings (SSSR count). The number of hydrogen-bond donors (Lipinski definition) is 1. The Morgan fingerprint density at radius 1 is 1.23 bits per heavy atom. The number of carbonyl (C=O) groups excluding carboxylic acids is 2. The number of carbonyl (C=O) groups is 2. The molecule has 3 amide bonds.